The SMILES string of the molecule is NNc1nc(Nc2ccc(F)cc2)c(F)cc1F. The normalized spacial score (nSPS) is 10.2. The van der Waals surface area contributed by atoms with Gasteiger partial charge in [-0.2, -0.15) is 0 Å². The van der Waals surface area contributed by atoms with Gasteiger partial charge in [-0.15, -0.1) is 0 Å². The second-order valence-electron chi connectivity index (χ2n) is 3.43. The number of halogens is 3. The smallest absolute Gasteiger partial charge is 0.178 e. The van der Waals surface area contributed by atoms with Crippen molar-refractivity contribution in [2.75, 3.05) is 10.7 Å². The molecule has 0 amide bonds. The molecule has 0 aliphatic carbocycles. The van der Waals surface area contributed by atoms with Crippen LogP contribution < -0.4 is 16.6 Å². The van der Waals surface area contributed by atoms with Crippen LogP contribution >= 0.6 is 0 Å². The zero-order valence-corrected chi connectivity index (χ0v) is 9.05. The number of nitrogens with zero attached hydrogens (tertiary/aromatic N) is 1. The third-order valence-corrected chi connectivity index (χ3v) is 2.17. The summed E-state index contributed by atoms with van der Waals surface area (Å²) in [7, 11) is 0. The van der Waals surface area contributed by atoms with Gasteiger partial charge in [0.05, 0.1) is 0 Å². The maximum atomic E-state index is 13.4. The van der Waals surface area contributed by atoms with Crippen LogP contribution in [-0.2, 0) is 0 Å². The number of rotatable bonds is 3. The number of nitrogen functional groups attached to an aromatic ring is 1. The number of pyridine rings is 1. The van der Waals surface area contributed by atoms with Gasteiger partial charge in [-0.1, -0.05) is 0 Å². The number of nitrogens with two attached hydrogens (primary N) is 1. The van der Waals surface area contributed by atoms with Crippen LogP contribution in [0.2, 0.25) is 0 Å². The fraction of sp³-hybridized carbons (Fsp3) is 0. The van der Waals surface area contributed by atoms with E-state index in [1.54, 1.807) is 0 Å². The second-order valence-corrected chi connectivity index (χ2v) is 3.43. The van der Waals surface area contributed by atoms with Crippen LogP contribution in [0.15, 0.2) is 30.3 Å². The predicted molar refractivity (Wildman–Crippen MR) is 61.6 cm³/mol. The summed E-state index contributed by atoms with van der Waals surface area (Å²) < 4.78 is 39.2. The molecule has 0 bridgehead atoms. The third kappa shape index (κ3) is 2.51. The molecule has 0 aliphatic rings. The van der Waals surface area contributed by atoms with Crippen molar-refractivity contribution < 1.29 is 13.2 Å². The Hall–Kier alpha value is -2.28. The van der Waals surface area contributed by atoms with Gasteiger partial charge in [0.15, 0.2) is 23.3 Å². The highest BCUT2D eigenvalue weighted by Gasteiger charge is 2.11. The molecule has 0 atom stereocenters. The van der Waals surface area contributed by atoms with E-state index in [0.717, 1.165) is 0 Å². The first-order valence-corrected chi connectivity index (χ1v) is 4.95. The second kappa shape index (κ2) is 4.92. The Bertz CT molecular complexity index is 557. The predicted octanol–water partition coefficient (Wildman–Crippen LogP) is 2.53. The molecular weight excluding hydrogens is 245 g/mol. The largest absolute Gasteiger partial charge is 0.338 e. The number of hydrogen-bond donors (Lipinski definition) is 3. The molecule has 1 aromatic carbocycles. The van der Waals surface area contributed by atoms with Crippen molar-refractivity contribution in [2.24, 2.45) is 5.84 Å². The molecule has 1 heterocycles. The molecule has 18 heavy (non-hydrogen) atoms. The molecule has 0 fully saturated rings. The molecule has 0 unspecified atom stereocenters. The summed E-state index contributed by atoms with van der Waals surface area (Å²) in [5.41, 5.74) is 2.42. The summed E-state index contributed by atoms with van der Waals surface area (Å²) in [5, 5.41) is 2.59. The molecule has 0 saturated heterocycles. The number of aromatic nitrogens is 1. The molecule has 0 saturated carbocycles. The molecule has 94 valence electrons. The number of anilines is 3. The first-order valence-electron chi connectivity index (χ1n) is 4.95. The molecule has 0 aliphatic heterocycles. The standard InChI is InChI=1S/C11H9F3N4/c12-6-1-3-7(4-2-6)16-10-8(13)5-9(14)11(17-10)18-15/h1-5H,15H2,(H2,16,17,18). The fourth-order valence-corrected chi connectivity index (χ4v) is 1.33. The lowest BCUT2D eigenvalue weighted by molar-refractivity contribution is 0.579. The Morgan fingerprint density at radius 3 is 2.17 bits per heavy atom. The van der Waals surface area contributed by atoms with E-state index in [2.05, 4.69) is 10.3 Å². The van der Waals surface area contributed by atoms with Gasteiger partial charge in [-0.05, 0) is 24.3 Å². The van der Waals surface area contributed by atoms with Crippen molar-refractivity contribution in [3.63, 3.8) is 0 Å². The van der Waals surface area contributed by atoms with E-state index < -0.39 is 17.5 Å². The van der Waals surface area contributed by atoms with Crippen LogP contribution in [0.1, 0.15) is 0 Å². The lowest BCUT2D eigenvalue weighted by atomic mass is 10.3. The van der Waals surface area contributed by atoms with Crippen LogP contribution in [0.5, 0.6) is 0 Å². The molecule has 0 spiro atoms. The number of hydrazine groups is 1. The van der Waals surface area contributed by atoms with Gasteiger partial charge >= 0.3 is 0 Å². The van der Waals surface area contributed by atoms with Crippen LogP contribution in [0, 0.1) is 17.5 Å². The van der Waals surface area contributed by atoms with E-state index in [1.807, 2.05) is 5.43 Å². The summed E-state index contributed by atoms with van der Waals surface area (Å²) in [6, 6.07) is 5.84. The van der Waals surface area contributed by atoms with Crippen molar-refractivity contribution in [3.8, 4) is 0 Å². The monoisotopic (exact) mass is 254 g/mol. The first-order chi connectivity index (χ1) is 8.60. The van der Waals surface area contributed by atoms with E-state index >= 15 is 0 Å². The average molecular weight is 254 g/mol. The fourth-order valence-electron chi connectivity index (χ4n) is 1.33. The van der Waals surface area contributed by atoms with Crippen molar-refractivity contribution in [2.45, 2.75) is 0 Å². The lowest BCUT2D eigenvalue weighted by Gasteiger charge is -2.09. The number of hydrogen-bond acceptors (Lipinski definition) is 4. The summed E-state index contributed by atoms with van der Waals surface area (Å²) in [5.74, 6) is 2.33. The summed E-state index contributed by atoms with van der Waals surface area (Å²) in [6.45, 7) is 0. The highest BCUT2D eigenvalue weighted by Crippen LogP contribution is 2.22. The van der Waals surface area contributed by atoms with E-state index in [9.17, 15) is 13.2 Å². The van der Waals surface area contributed by atoms with Gasteiger partial charge in [0.2, 0.25) is 0 Å². The van der Waals surface area contributed by atoms with Crippen molar-refractivity contribution >= 4 is 17.3 Å². The van der Waals surface area contributed by atoms with E-state index in [1.165, 1.54) is 24.3 Å². The lowest BCUT2D eigenvalue weighted by Crippen LogP contribution is -2.12. The summed E-state index contributed by atoms with van der Waals surface area (Å²) in [6.07, 6.45) is 0. The number of nitrogens with one attached hydrogen (secondary N) is 2. The number of benzene rings is 1. The van der Waals surface area contributed by atoms with E-state index in [4.69, 9.17) is 5.84 Å². The molecule has 4 N–H and O–H groups in total. The van der Waals surface area contributed by atoms with E-state index in [0.29, 0.717) is 11.8 Å². The molecule has 0 radical (unpaired) electrons. The average Bonchev–Trinajstić information content (AvgIpc) is 2.35. The molecule has 7 heteroatoms. The maximum Gasteiger partial charge on any atom is 0.178 e. The highest BCUT2D eigenvalue weighted by molar-refractivity contribution is 5.58. The quantitative estimate of drug-likeness (QED) is 0.581. The van der Waals surface area contributed by atoms with Crippen LogP contribution in [0.3, 0.4) is 0 Å². The minimum atomic E-state index is -0.903. The third-order valence-electron chi connectivity index (χ3n) is 2.17. The Kier molecular flexibility index (Phi) is 3.33. The van der Waals surface area contributed by atoms with Crippen molar-refractivity contribution in [3.05, 3.63) is 47.8 Å². The van der Waals surface area contributed by atoms with Crippen LogP contribution in [-0.4, -0.2) is 4.98 Å². The molecule has 1 aromatic heterocycles. The molecular formula is C11H9F3N4. The van der Waals surface area contributed by atoms with Gasteiger partial charge in [0, 0.05) is 11.8 Å². The highest BCUT2D eigenvalue weighted by atomic mass is 19.1. The van der Waals surface area contributed by atoms with E-state index in [-0.39, 0.29) is 11.6 Å². The minimum Gasteiger partial charge on any atom is -0.338 e. The molecule has 2 aromatic rings. The van der Waals surface area contributed by atoms with Gasteiger partial charge in [0.25, 0.3) is 0 Å². The maximum absolute atomic E-state index is 13.4. The Morgan fingerprint density at radius 2 is 1.56 bits per heavy atom. The Balaban J connectivity index is 2.31. The Labute approximate surface area is 101 Å². The van der Waals surface area contributed by atoms with Crippen LogP contribution in [0.4, 0.5) is 30.5 Å². The van der Waals surface area contributed by atoms with Gasteiger partial charge in [-0.3, -0.25) is 0 Å². The summed E-state index contributed by atoms with van der Waals surface area (Å²) in [4.78, 5) is 3.62. The zero-order valence-electron chi connectivity index (χ0n) is 9.05. The zero-order chi connectivity index (χ0) is 13.1. The topological polar surface area (TPSA) is 63.0 Å². The van der Waals surface area contributed by atoms with Crippen molar-refractivity contribution in [1.29, 1.82) is 0 Å². The molecule has 2 rings (SSSR count). The summed E-state index contributed by atoms with van der Waals surface area (Å²) >= 11 is 0. The van der Waals surface area contributed by atoms with Gasteiger partial charge in [0.1, 0.15) is 5.82 Å². The van der Waals surface area contributed by atoms with Crippen molar-refractivity contribution in [1.82, 2.24) is 4.98 Å². The van der Waals surface area contributed by atoms with Gasteiger partial charge < -0.3 is 10.7 Å². The first kappa shape index (κ1) is 12.2. The van der Waals surface area contributed by atoms with Crippen LogP contribution in [0.25, 0.3) is 0 Å². The minimum absolute atomic E-state index is 0.212. The molecule has 4 nitrogen and oxygen atoms in total. The Morgan fingerprint density at radius 1 is 0.944 bits per heavy atom. The van der Waals surface area contributed by atoms with Gasteiger partial charge in [-0.25, -0.2) is 24.0 Å².